The van der Waals surface area contributed by atoms with Crippen molar-refractivity contribution in [3.63, 3.8) is 0 Å². The summed E-state index contributed by atoms with van der Waals surface area (Å²) in [5.74, 6) is 0.0284. The van der Waals surface area contributed by atoms with Crippen LogP contribution in [-0.4, -0.2) is 21.4 Å². The standard InChI is InChI=1S/C11H8F3N5O/c12-11(13,14)8-3-1-7(2-4-8)5-15-18-10-17-9(20)6-16-19-10/h1-6H,(H2,17,18,19,20). The molecule has 9 heteroatoms. The fraction of sp³-hybridized carbons (Fsp3) is 0.0909. The highest BCUT2D eigenvalue weighted by Gasteiger charge is 2.29. The number of halogens is 3. The molecule has 0 aliphatic heterocycles. The zero-order valence-electron chi connectivity index (χ0n) is 9.85. The maximum atomic E-state index is 12.3. The number of alkyl halides is 3. The van der Waals surface area contributed by atoms with Gasteiger partial charge in [-0.3, -0.25) is 9.78 Å². The Bertz CT molecular complexity index is 663. The first-order valence-electron chi connectivity index (χ1n) is 5.33. The first-order valence-corrected chi connectivity index (χ1v) is 5.33. The molecule has 0 aliphatic carbocycles. The van der Waals surface area contributed by atoms with Crippen LogP contribution in [0.1, 0.15) is 11.1 Å². The first-order chi connectivity index (χ1) is 9.45. The second-order valence-corrected chi connectivity index (χ2v) is 3.67. The van der Waals surface area contributed by atoms with E-state index < -0.39 is 17.3 Å². The van der Waals surface area contributed by atoms with Crippen molar-refractivity contribution in [2.24, 2.45) is 5.10 Å². The van der Waals surface area contributed by atoms with Gasteiger partial charge in [-0.1, -0.05) is 12.1 Å². The lowest BCUT2D eigenvalue weighted by molar-refractivity contribution is -0.137. The average Bonchev–Trinajstić information content (AvgIpc) is 2.38. The van der Waals surface area contributed by atoms with Gasteiger partial charge in [0.15, 0.2) is 0 Å². The molecule has 0 amide bonds. The maximum Gasteiger partial charge on any atom is 0.416 e. The van der Waals surface area contributed by atoms with Gasteiger partial charge in [-0.2, -0.15) is 18.3 Å². The predicted molar refractivity (Wildman–Crippen MR) is 65.3 cm³/mol. The van der Waals surface area contributed by atoms with Crippen molar-refractivity contribution in [3.05, 3.63) is 51.9 Å². The molecule has 2 aromatic rings. The van der Waals surface area contributed by atoms with E-state index in [9.17, 15) is 18.0 Å². The quantitative estimate of drug-likeness (QED) is 0.662. The minimum absolute atomic E-state index is 0.0284. The van der Waals surface area contributed by atoms with E-state index in [0.717, 1.165) is 18.3 Å². The summed E-state index contributed by atoms with van der Waals surface area (Å²) in [6.07, 6.45) is -2.09. The third-order valence-corrected chi connectivity index (χ3v) is 2.20. The predicted octanol–water partition coefficient (Wildman–Crippen LogP) is 1.63. The average molecular weight is 283 g/mol. The highest BCUT2D eigenvalue weighted by Crippen LogP contribution is 2.28. The van der Waals surface area contributed by atoms with Gasteiger partial charge in [0.05, 0.1) is 11.8 Å². The summed E-state index contributed by atoms with van der Waals surface area (Å²) in [7, 11) is 0. The first kappa shape index (κ1) is 13.7. The Morgan fingerprint density at radius 3 is 2.55 bits per heavy atom. The third kappa shape index (κ3) is 3.64. The van der Waals surface area contributed by atoms with E-state index in [-0.39, 0.29) is 5.95 Å². The van der Waals surface area contributed by atoms with E-state index >= 15 is 0 Å². The van der Waals surface area contributed by atoms with Crippen molar-refractivity contribution in [2.45, 2.75) is 6.18 Å². The number of hydrogen-bond acceptors (Lipinski definition) is 5. The number of nitrogens with one attached hydrogen (secondary N) is 2. The minimum Gasteiger partial charge on any atom is -0.289 e. The second kappa shape index (κ2) is 5.51. The SMILES string of the molecule is O=c1cnnc(NN=Cc2ccc(C(F)(F)F)cc2)[nH]1. The van der Waals surface area contributed by atoms with Crippen molar-refractivity contribution in [1.82, 2.24) is 15.2 Å². The van der Waals surface area contributed by atoms with Crippen LogP contribution in [-0.2, 0) is 6.18 Å². The zero-order chi connectivity index (χ0) is 14.6. The summed E-state index contributed by atoms with van der Waals surface area (Å²) in [6.45, 7) is 0. The Kier molecular flexibility index (Phi) is 3.78. The molecule has 1 aromatic carbocycles. The lowest BCUT2D eigenvalue weighted by Gasteiger charge is -2.05. The third-order valence-electron chi connectivity index (χ3n) is 2.20. The smallest absolute Gasteiger partial charge is 0.289 e. The largest absolute Gasteiger partial charge is 0.416 e. The van der Waals surface area contributed by atoms with Gasteiger partial charge in [-0.15, -0.1) is 10.2 Å². The number of H-pyrrole nitrogens is 1. The molecular weight excluding hydrogens is 275 g/mol. The van der Waals surface area contributed by atoms with Gasteiger partial charge in [0.1, 0.15) is 6.20 Å². The fourth-order valence-electron chi connectivity index (χ4n) is 1.29. The molecule has 6 nitrogen and oxygen atoms in total. The van der Waals surface area contributed by atoms with Gasteiger partial charge in [0.2, 0.25) is 5.95 Å². The van der Waals surface area contributed by atoms with E-state index in [1.54, 1.807) is 0 Å². The maximum absolute atomic E-state index is 12.3. The van der Waals surface area contributed by atoms with E-state index in [2.05, 4.69) is 25.7 Å². The van der Waals surface area contributed by atoms with Crippen LogP contribution in [0.5, 0.6) is 0 Å². The van der Waals surface area contributed by atoms with Crippen LogP contribution < -0.4 is 11.0 Å². The molecule has 0 saturated heterocycles. The van der Waals surface area contributed by atoms with Gasteiger partial charge in [-0.05, 0) is 17.7 Å². The highest BCUT2D eigenvalue weighted by atomic mass is 19.4. The second-order valence-electron chi connectivity index (χ2n) is 3.67. The molecule has 1 heterocycles. The Balaban J connectivity index is 2.03. The zero-order valence-corrected chi connectivity index (χ0v) is 9.85. The van der Waals surface area contributed by atoms with Crippen molar-refractivity contribution in [3.8, 4) is 0 Å². The van der Waals surface area contributed by atoms with Crippen LogP contribution >= 0.6 is 0 Å². The van der Waals surface area contributed by atoms with Crippen LogP contribution in [0.4, 0.5) is 19.1 Å². The van der Waals surface area contributed by atoms with Crippen LogP contribution in [0, 0.1) is 0 Å². The van der Waals surface area contributed by atoms with E-state index in [1.165, 1.54) is 18.3 Å². The number of aromatic nitrogens is 3. The summed E-state index contributed by atoms with van der Waals surface area (Å²) in [4.78, 5) is 13.2. The molecule has 20 heavy (non-hydrogen) atoms. The topological polar surface area (TPSA) is 83.0 Å². The molecule has 0 aliphatic rings. The molecule has 2 rings (SSSR count). The van der Waals surface area contributed by atoms with Gasteiger partial charge in [0.25, 0.3) is 5.56 Å². The number of aromatic amines is 1. The lowest BCUT2D eigenvalue weighted by Crippen LogP contribution is -2.10. The van der Waals surface area contributed by atoms with Crippen LogP contribution in [0.3, 0.4) is 0 Å². The normalized spacial score (nSPS) is 11.8. The number of nitrogens with zero attached hydrogens (tertiary/aromatic N) is 3. The van der Waals surface area contributed by atoms with Gasteiger partial charge < -0.3 is 0 Å². The molecule has 0 saturated carbocycles. The number of benzene rings is 1. The molecule has 0 unspecified atom stereocenters. The van der Waals surface area contributed by atoms with Crippen molar-refractivity contribution in [2.75, 3.05) is 5.43 Å². The number of hydrogen-bond donors (Lipinski definition) is 2. The van der Waals surface area contributed by atoms with Crippen LogP contribution in [0.15, 0.2) is 40.4 Å². The lowest BCUT2D eigenvalue weighted by atomic mass is 10.1. The molecule has 0 bridgehead atoms. The number of rotatable bonds is 3. The van der Waals surface area contributed by atoms with E-state index in [4.69, 9.17) is 0 Å². The Labute approximate surface area is 110 Å². The molecule has 0 spiro atoms. The summed E-state index contributed by atoms with van der Waals surface area (Å²) >= 11 is 0. The van der Waals surface area contributed by atoms with E-state index in [1.807, 2.05) is 0 Å². The molecule has 2 N–H and O–H groups in total. The van der Waals surface area contributed by atoms with Gasteiger partial charge in [0, 0.05) is 0 Å². The minimum atomic E-state index is -4.37. The van der Waals surface area contributed by atoms with Crippen molar-refractivity contribution >= 4 is 12.2 Å². The number of anilines is 1. The number of hydrazone groups is 1. The molecule has 104 valence electrons. The van der Waals surface area contributed by atoms with Crippen molar-refractivity contribution in [1.29, 1.82) is 0 Å². The molecule has 0 atom stereocenters. The van der Waals surface area contributed by atoms with Gasteiger partial charge in [-0.25, -0.2) is 5.43 Å². The monoisotopic (exact) mass is 283 g/mol. The molecule has 1 aromatic heterocycles. The summed E-state index contributed by atoms with van der Waals surface area (Å²) in [6, 6.07) is 4.44. The Morgan fingerprint density at radius 2 is 1.95 bits per heavy atom. The van der Waals surface area contributed by atoms with Crippen LogP contribution in [0.25, 0.3) is 0 Å². The summed E-state index contributed by atoms with van der Waals surface area (Å²) < 4.78 is 37.0. The fourth-order valence-corrected chi connectivity index (χ4v) is 1.29. The van der Waals surface area contributed by atoms with Gasteiger partial charge >= 0.3 is 6.18 Å². The highest BCUT2D eigenvalue weighted by molar-refractivity contribution is 5.80. The van der Waals surface area contributed by atoms with Crippen molar-refractivity contribution < 1.29 is 13.2 Å². The molecule has 0 radical (unpaired) electrons. The Morgan fingerprint density at radius 1 is 1.25 bits per heavy atom. The molecular formula is C11H8F3N5O. The van der Waals surface area contributed by atoms with Crippen LogP contribution in [0.2, 0.25) is 0 Å². The van der Waals surface area contributed by atoms with E-state index in [0.29, 0.717) is 5.56 Å². The Hall–Kier alpha value is -2.71. The summed E-state index contributed by atoms with van der Waals surface area (Å²) in [5.41, 5.74) is 1.67. The molecule has 0 fully saturated rings. The summed E-state index contributed by atoms with van der Waals surface area (Å²) in [5, 5.41) is 10.6.